The predicted molar refractivity (Wildman–Crippen MR) is 76.6 cm³/mol. The lowest BCUT2D eigenvalue weighted by molar-refractivity contribution is -0.384. The Bertz CT molecular complexity index is 551. The van der Waals surface area contributed by atoms with Crippen molar-refractivity contribution < 1.29 is 9.72 Å². The number of anilines is 1. The van der Waals surface area contributed by atoms with Gasteiger partial charge in [0.25, 0.3) is 5.69 Å². The maximum absolute atomic E-state index is 11.2. The standard InChI is InChI=1S/C14H19N3O3/c1-9(2)14(5-6-14)8-16-11-7-10(13(15)18)3-4-12(11)17(19)20/h3-4,7,9,16H,5-6,8H2,1-2H3,(H2,15,18). The van der Waals surface area contributed by atoms with Crippen LogP contribution in [0.25, 0.3) is 0 Å². The molecule has 0 heterocycles. The second kappa shape index (κ2) is 5.11. The van der Waals surface area contributed by atoms with E-state index in [1.54, 1.807) is 0 Å². The largest absolute Gasteiger partial charge is 0.379 e. The Morgan fingerprint density at radius 1 is 1.50 bits per heavy atom. The zero-order valence-electron chi connectivity index (χ0n) is 11.7. The number of carbonyl (C=O) groups is 1. The summed E-state index contributed by atoms with van der Waals surface area (Å²) in [6.45, 7) is 4.99. The minimum Gasteiger partial charge on any atom is -0.379 e. The highest BCUT2D eigenvalue weighted by molar-refractivity contribution is 5.94. The van der Waals surface area contributed by atoms with Gasteiger partial charge < -0.3 is 11.1 Å². The Morgan fingerprint density at radius 3 is 2.60 bits per heavy atom. The predicted octanol–water partition coefficient (Wildman–Crippen LogP) is 2.54. The fraction of sp³-hybridized carbons (Fsp3) is 0.500. The van der Waals surface area contributed by atoms with Crippen LogP contribution >= 0.6 is 0 Å². The van der Waals surface area contributed by atoms with Crippen molar-refractivity contribution in [2.75, 3.05) is 11.9 Å². The molecule has 0 saturated heterocycles. The van der Waals surface area contributed by atoms with E-state index in [9.17, 15) is 14.9 Å². The van der Waals surface area contributed by atoms with Crippen LogP contribution in [-0.2, 0) is 0 Å². The van der Waals surface area contributed by atoms with E-state index in [1.807, 2.05) is 0 Å². The highest BCUT2D eigenvalue weighted by Crippen LogP contribution is 2.51. The lowest BCUT2D eigenvalue weighted by Crippen LogP contribution is -2.21. The Balaban J connectivity index is 2.22. The average molecular weight is 277 g/mol. The zero-order valence-corrected chi connectivity index (χ0v) is 11.7. The third-order valence-corrected chi connectivity index (χ3v) is 4.23. The molecule has 1 amide bonds. The van der Waals surface area contributed by atoms with Crippen molar-refractivity contribution >= 4 is 17.3 Å². The number of nitrogens with zero attached hydrogens (tertiary/aromatic N) is 1. The van der Waals surface area contributed by atoms with Gasteiger partial charge in [0, 0.05) is 18.2 Å². The molecule has 0 atom stereocenters. The van der Waals surface area contributed by atoms with Gasteiger partial charge in [-0.05, 0) is 36.3 Å². The molecule has 3 N–H and O–H groups in total. The fourth-order valence-electron chi connectivity index (χ4n) is 2.38. The molecule has 0 spiro atoms. The maximum atomic E-state index is 11.2. The number of nitro groups is 1. The number of primary amides is 1. The fourth-order valence-corrected chi connectivity index (χ4v) is 2.38. The van der Waals surface area contributed by atoms with E-state index in [2.05, 4.69) is 19.2 Å². The second-order valence-corrected chi connectivity index (χ2v) is 5.72. The molecule has 0 unspecified atom stereocenters. The number of benzene rings is 1. The first kappa shape index (κ1) is 14.3. The Labute approximate surface area is 117 Å². The number of hydrogen-bond donors (Lipinski definition) is 2. The van der Waals surface area contributed by atoms with Crippen LogP contribution in [0, 0.1) is 21.4 Å². The molecule has 1 aliphatic carbocycles. The molecule has 1 fully saturated rings. The number of nitro benzene ring substituents is 1. The summed E-state index contributed by atoms with van der Waals surface area (Å²) in [4.78, 5) is 21.8. The van der Waals surface area contributed by atoms with Crippen LogP contribution in [-0.4, -0.2) is 17.4 Å². The molecule has 0 aromatic heterocycles. The molecule has 1 aromatic carbocycles. The Kier molecular flexibility index (Phi) is 3.65. The van der Waals surface area contributed by atoms with Gasteiger partial charge in [-0.1, -0.05) is 13.8 Å². The molecule has 108 valence electrons. The summed E-state index contributed by atoms with van der Waals surface area (Å²) in [5.74, 6) is -0.0682. The van der Waals surface area contributed by atoms with Gasteiger partial charge in [-0.2, -0.15) is 0 Å². The molecule has 6 heteroatoms. The van der Waals surface area contributed by atoms with E-state index in [0.29, 0.717) is 18.2 Å². The van der Waals surface area contributed by atoms with Crippen LogP contribution in [0.5, 0.6) is 0 Å². The summed E-state index contributed by atoms with van der Waals surface area (Å²) in [6, 6.07) is 4.15. The summed E-state index contributed by atoms with van der Waals surface area (Å²) in [7, 11) is 0. The molecule has 0 radical (unpaired) electrons. The first-order chi connectivity index (χ1) is 9.35. The number of amides is 1. The molecule has 0 bridgehead atoms. The number of nitrogens with two attached hydrogens (primary N) is 1. The van der Waals surface area contributed by atoms with Gasteiger partial charge in [0.1, 0.15) is 5.69 Å². The number of nitrogens with one attached hydrogen (secondary N) is 1. The average Bonchev–Trinajstić information content (AvgIpc) is 3.16. The van der Waals surface area contributed by atoms with Gasteiger partial charge in [0.2, 0.25) is 5.91 Å². The lowest BCUT2D eigenvalue weighted by atomic mass is 9.92. The summed E-state index contributed by atoms with van der Waals surface area (Å²) in [6.07, 6.45) is 2.25. The molecular weight excluding hydrogens is 258 g/mol. The van der Waals surface area contributed by atoms with Gasteiger partial charge in [-0.3, -0.25) is 14.9 Å². The zero-order chi connectivity index (χ0) is 14.9. The van der Waals surface area contributed by atoms with Crippen molar-refractivity contribution in [3.8, 4) is 0 Å². The molecule has 1 aromatic rings. The quantitative estimate of drug-likeness (QED) is 0.616. The normalized spacial score (nSPS) is 15.9. The van der Waals surface area contributed by atoms with Crippen LogP contribution < -0.4 is 11.1 Å². The smallest absolute Gasteiger partial charge is 0.292 e. The summed E-state index contributed by atoms with van der Waals surface area (Å²) >= 11 is 0. The van der Waals surface area contributed by atoms with Gasteiger partial charge >= 0.3 is 0 Å². The molecule has 0 aliphatic heterocycles. The van der Waals surface area contributed by atoms with Gasteiger partial charge in [0.05, 0.1) is 4.92 Å². The third kappa shape index (κ3) is 2.74. The molecule has 20 heavy (non-hydrogen) atoms. The number of rotatable bonds is 6. The second-order valence-electron chi connectivity index (χ2n) is 5.72. The highest BCUT2D eigenvalue weighted by Gasteiger charge is 2.45. The van der Waals surface area contributed by atoms with Crippen LogP contribution in [0.4, 0.5) is 11.4 Å². The van der Waals surface area contributed by atoms with Gasteiger partial charge in [0.15, 0.2) is 0 Å². The van der Waals surface area contributed by atoms with Crippen molar-refractivity contribution in [1.82, 2.24) is 0 Å². The van der Waals surface area contributed by atoms with Crippen molar-refractivity contribution in [3.63, 3.8) is 0 Å². The minimum atomic E-state index is -0.590. The van der Waals surface area contributed by atoms with Crippen molar-refractivity contribution in [1.29, 1.82) is 0 Å². The van der Waals surface area contributed by atoms with E-state index in [-0.39, 0.29) is 16.7 Å². The van der Waals surface area contributed by atoms with Crippen LogP contribution in [0.15, 0.2) is 18.2 Å². The van der Waals surface area contributed by atoms with Gasteiger partial charge in [-0.15, -0.1) is 0 Å². The summed E-state index contributed by atoms with van der Waals surface area (Å²) < 4.78 is 0. The molecular formula is C14H19N3O3. The van der Waals surface area contributed by atoms with E-state index < -0.39 is 10.8 Å². The van der Waals surface area contributed by atoms with Crippen molar-refractivity contribution in [3.05, 3.63) is 33.9 Å². The number of carbonyl (C=O) groups excluding carboxylic acids is 1. The van der Waals surface area contributed by atoms with Crippen LogP contribution in [0.3, 0.4) is 0 Å². The first-order valence-corrected chi connectivity index (χ1v) is 6.68. The first-order valence-electron chi connectivity index (χ1n) is 6.68. The maximum Gasteiger partial charge on any atom is 0.292 e. The van der Waals surface area contributed by atoms with Crippen LogP contribution in [0.2, 0.25) is 0 Å². The van der Waals surface area contributed by atoms with Gasteiger partial charge in [-0.25, -0.2) is 0 Å². The SMILES string of the molecule is CC(C)C1(CNc2cc(C(N)=O)ccc2[N+](=O)[O-])CC1. The van der Waals surface area contributed by atoms with E-state index >= 15 is 0 Å². The topological polar surface area (TPSA) is 98.3 Å². The highest BCUT2D eigenvalue weighted by atomic mass is 16.6. The number of hydrogen-bond acceptors (Lipinski definition) is 4. The summed E-state index contributed by atoms with van der Waals surface area (Å²) in [5, 5.41) is 14.2. The molecule has 2 rings (SSSR count). The Morgan fingerprint density at radius 2 is 2.15 bits per heavy atom. The minimum absolute atomic E-state index is 0.0328. The van der Waals surface area contributed by atoms with Crippen molar-refractivity contribution in [2.24, 2.45) is 17.1 Å². The summed E-state index contributed by atoms with van der Waals surface area (Å²) in [5.41, 5.74) is 6.03. The van der Waals surface area contributed by atoms with E-state index in [1.165, 1.54) is 18.2 Å². The lowest BCUT2D eigenvalue weighted by Gasteiger charge is -2.20. The molecule has 1 saturated carbocycles. The van der Waals surface area contributed by atoms with Crippen LogP contribution in [0.1, 0.15) is 37.0 Å². The van der Waals surface area contributed by atoms with E-state index in [4.69, 9.17) is 5.73 Å². The molecule has 1 aliphatic rings. The monoisotopic (exact) mass is 277 g/mol. The Hall–Kier alpha value is -2.11. The molecule has 6 nitrogen and oxygen atoms in total. The van der Waals surface area contributed by atoms with E-state index in [0.717, 1.165) is 12.8 Å². The third-order valence-electron chi connectivity index (χ3n) is 4.23. The van der Waals surface area contributed by atoms with Crippen molar-refractivity contribution in [2.45, 2.75) is 26.7 Å².